The molecule has 1 aromatic carbocycles. The molecule has 32 heavy (non-hydrogen) atoms. The lowest BCUT2D eigenvalue weighted by Crippen LogP contribution is -2.51. The molecule has 1 aromatic heterocycles. The van der Waals surface area contributed by atoms with Crippen LogP contribution >= 0.6 is 11.6 Å². The third-order valence-corrected chi connectivity index (χ3v) is 6.54. The van der Waals surface area contributed by atoms with Gasteiger partial charge in [0.2, 0.25) is 11.8 Å². The second-order valence-corrected chi connectivity index (χ2v) is 9.28. The molecule has 2 aromatic rings. The zero-order valence-electron chi connectivity index (χ0n) is 17.6. The number of nitrogens with zero attached hydrogens (tertiary/aromatic N) is 4. The number of carbonyl (C=O) groups is 2. The molecule has 0 radical (unpaired) electrons. The van der Waals surface area contributed by atoms with Crippen LogP contribution in [-0.4, -0.2) is 56.3 Å². The third kappa shape index (κ3) is 4.61. The van der Waals surface area contributed by atoms with Crippen molar-refractivity contribution in [2.24, 2.45) is 11.1 Å². The lowest BCUT2D eigenvalue weighted by atomic mass is 9.98. The van der Waals surface area contributed by atoms with Gasteiger partial charge in [-0.15, -0.1) is 0 Å². The van der Waals surface area contributed by atoms with Crippen molar-refractivity contribution in [2.75, 3.05) is 6.54 Å². The van der Waals surface area contributed by atoms with E-state index in [1.165, 1.54) is 28.3 Å². The van der Waals surface area contributed by atoms with E-state index in [2.05, 4.69) is 22.3 Å². The highest BCUT2D eigenvalue weighted by Crippen LogP contribution is 2.48. The maximum Gasteiger partial charge on any atom is 0.243 e. The van der Waals surface area contributed by atoms with Crippen LogP contribution in [0.25, 0.3) is 5.69 Å². The molecule has 1 saturated carbocycles. The van der Waals surface area contributed by atoms with Crippen molar-refractivity contribution in [3.05, 3.63) is 41.2 Å². The van der Waals surface area contributed by atoms with Crippen molar-refractivity contribution >= 4 is 23.4 Å². The summed E-state index contributed by atoms with van der Waals surface area (Å²) in [6.07, 6.45) is 3.74. The van der Waals surface area contributed by atoms with Crippen LogP contribution in [0.5, 0.6) is 0 Å². The largest absolute Gasteiger partial charge is 0.350 e. The van der Waals surface area contributed by atoms with Crippen LogP contribution in [0.2, 0.25) is 5.02 Å². The van der Waals surface area contributed by atoms with Crippen LogP contribution in [0.15, 0.2) is 24.8 Å². The van der Waals surface area contributed by atoms with Gasteiger partial charge in [-0.1, -0.05) is 18.5 Å². The highest BCUT2D eigenvalue weighted by molar-refractivity contribution is 6.30. The normalized spacial score (nSPS) is 22.6. The first-order valence-electron chi connectivity index (χ1n) is 10.5. The van der Waals surface area contributed by atoms with Crippen molar-refractivity contribution in [2.45, 2.75) is 57.4 Å². The Hall–Kier alpha value is -2.59. The Morgan fingerprint density at radius 3 is 2.81 bits per heavy atom. The third-order valence-electron chi connectivity index (χ3n) is 6.25. The Morgan fingerprint density at radius 1 is 1.41 bits per heavy atom. The Morgan fingerprint density at radius 2 is 2.16 bits per heavy atom. The number of nitrogens with one attached hydrogen (secondary N) is 1. The molecule has 1 aliphatic carbocycles. The van der Waals surface area contributed by atoms with E-state index in [4.69, 9.17) is 17.3 Å². The molecular weight excluding hydrogens is 442 g/mol. The van der Waals surface area contributed by atoms with Crippen molar-refractivity contribution < 1.29 is 18.4 Å². The number of likely N-dealkylation sites (tertiary alicyclic amines) is 1. The van der Waals surface area contributed by atoms with E-state index in [1.54, 1.807) is 6.07 Å². The fourth-order valence-electron chi connectivity index (χ4n) is 4.12. The first kappa shape index (κ1) is 22.6. The summed E-state index contributed by atoms with van der Waals surface area (Å²) in [5, 5.41) is 6.49. The molecule has 172 valence electrons. The standard InChI is InChI=1S/C21H25ClF2N6O2/c1-21(4-5-21)7-15(25)20(32)29-9-12(23)6-17(29)19(31)27-8-13-16(30-11-26-10-28-30)3-2-14(22)18(13)24/h2-3,10-12,15,17H,4-9,25H2,1H3,(H,27,31)/t12-,15-,17?/m1/s1. The first-order chi connectivity index (χ1) is 15.2. The zero-order valence-corrected chi connectivity index (χ0v) is 18.4. The topological polar surface area (TPSA) is 106 Å². The molecule has 11 heteroatoms. The number of carbonyl (C=O) groups excluding carboxylic acids is 2. The number of benzene rings is 1. The summed E-state index contributed by atoms with van der Waals surface area (Å²) in [6.45, 7) is 1.65. The molecule has 2 heterocycles. The average Bonchev–Trinajstić information content (AvgIpc) is 3.14. The summed E-state index contributed by atoms with van der Waals surface area (Å²) >= 11 is 5.92. The van der Waals surface area contributed by atoms with Crippen LogP contribution in [0.1, 0.15) is 38.2 Å². The van der Waals surface area contributed by atoms with Gasteiger partial charge in [-0.25, -0.2) is 18.4 Å². The number of nitrogens with two attached hydrogens (primary N) is 1. The molecule has 2 amide bonds. The van der Waals surface area contributed by atoms with Gasteiger partial charge in [0.25, 0.3) is 0 Å². The fourth-order valence-corrected chi connectivity index (χ4v) is 4.29. The Labute approximate surface area is 189 Å². The molecule has 2 fully saturated rings. The Bertz CT molecular complexity index is 1010. The number of hydrogen-bond acceptors (Lipinski definition) is 5. The molecule has 3 atom stereocenters. The van der Waals surface area contributed by atoms with E-state index in [9.17, 15) is 18.4 Å². The highest BCUT2D eigenvalue weighted by Gasteiger charge is 2.45. The van der Waals surface area contributed by atoms with E-state index < -0.39 is 35.9 Å². The van der Waals surface area contributed by atoms with E-state index in [0.717, 1.165) is 12.8 Å². The molecule has 1 unspecified atom stereocenters. The maximum atomic E-state index is 14.7. The molecule has 4 rings (SSSR count). The quantitative estimate of drug-likeness (QED) is 0.650. The molecule has 0 spiro atoms. The summed E-state index contributed by atoms with van der Waals surface area (Å²) < 4.78 is 30.3. The number of halogens is 3. The van der Waals surface area contributed by atoms with Crippen LogP contribution in [0.4, 0.5) is 8.78 Å². The van der Waals surface area contributed by atoms with Gasteiger partial charge in [0.1, 0.15) is 30.7 Å². The van der Waals surface area contributed by atoms with Gasteiger partial charge in [0.05, 0.1) is 23.3 Å². The van der Waals surface area contributed by atoms with Crippen LogP contribution in [0.3, 0.4) is 0 Å². The number of hydrogen-bond donors (Lipinski definition) is 2. The number of amides is 2. The van der Waals surface area contributed by atoms with Crippen molar-refractivity contribution in [3.8, 4) is 5.69 Å². The maximum absolute atomic E-state index is 14.7. The van der Waals surface area contributed by atoms with Gasteiger partial charge in [-0.3, -0.25) is 9.59 Å². The Balaban J connectivity index is 1.47. The average molecular weight is 467 g/mol. The van der Waals surface area contributed by atoms with Gasteiger partial charge >= 0.3 is 0 Å². The molecule has 1 saturated heterocycles. The lowest BCUT2D eigenvalue weighted by Gasteiger charge is -2.27. The monoisotopic (exact) mass is 466 g/mol. The fraction of sp³-hybridized carbons (Fsp3) is 0.524. The summed E-state index contributed by atoms with van der Waals surface area (Å²) in [7, 11) is 0. The second-order valence-electron chi connectivity index (χ2n) is 8.88. The van der Waals surface area contributed by atoms with Crippen LogP contribution in [-0.2, 0) is 16.1 Å². The van der Waals surface area contributed by atoms with Crippen LogP contribution < -0.4 is 11.1 Å². The number of aromatic nitrogens is 3. The summed E-state index contributed by atoms with van der Waals surface area (Å²) in [5.41, 5.74) is 6.58. The Kier molecular flexibility index (Phi) is 6.17. The van der Waals surface area contributed by atoms with Gasteiger partial charge < -0.3 is 16.0 Å². The summed E-state index contributed by atoms with van der Waals surface area (Å²) in [6, 6.07) is 1.15. The van der Waals surface area contributed by atoms with Crippen molar-refractivity contribution in [1.82, 2.24) is 25.0 Å². The van der Waals surface area contributed by atoms with E-state index in [0.29, 0.717) is 12.1 Å². The van der Waals surface area contributed by atoms with Crippen molar-refractivity contribution in [1.29, 1.82) is 0 Å². The van der Waals surface area contributed by atoms with Crippen LogP contribution in [0, 0.1) is 11.2 Å². The molecule has 3 N–H and O–H groups in total. The van der Waals surface area contributed by atoms with E-state index >= 15 is 0 Å². The summed E-state index contributed by atoms with van der Waals surface area (Å²) in [5.74, 6) is -1.72. The summed E-state index contributed by atoms with van der Waals surface area (Å²) in [4.78, 5) is 30.8. The molecular formula is C21H25ClF2N6O2. The molecule has 0 bridgehead atoms. The van der Waals surface area contributed by atoms with Gasteiger partial charge in [-0.2, -0.15) is 5.10 Å². The second kappa shape index (κ2) is 8.74. The molecule has 2 aliphatic rings. The minimum Gasteiger partial charge on any atom is -0.350 e. The minimum atomic E-state index is -1.33. The number of rotatable bonds is 7. The minimum absolute atomic E-state index is 0.0452. The van der Waals surface area contributed by atoms with E-state index in [-0.39, 0.29) is 35.5 Å². The van der Waals surface area contributed by atoms with Gasteiger partial charge in [-0.05, 0) is 36.8 Å². The zero-order chi connectivity index (χ0) is 23.0. The first-order valence-corrected chi connectivity index (χ1v) is 10.9. The molecule has 1 aliphatic heterocycles. The van der Waals surface area contributed by atoms with Gasteiger partial charge in [0, 0.05) is 18.5 Å². The predicted octanol–water partition coefficient (Wildman–Crippen LogP) is 2.13. The smallest absolute Gasteiger partial charge is 0.243 e. The lowest BCUT2D eigenvalue weighted by molar-refractivity contribution is -0.139. The SMILES string of the molecule is CC1(C[C@@H](N)C(=O)N2C[C@H](F)CC2C(=O)NCc2c(-n3cncn3)ccc(Cl)c2F)CC1. The highest BCUT2D eigenvalue weighted by atomic mass is 35.5. The van der Waals surface area contributed by atoms with E-state index in [1.807, 2.05) is 0 Å². The van der Waals surface area contributed by atoms with Gasteiger partial charge in [0.15, 0.2) is 0 Å². The number of alkyl halides is 1. The molecule has 8 nitrogen and oxygen atoms in total. The van der Waals surface area contributed by atoms with Crippen molar-refractivity contribution in [3.63, 3.8) is 0 Å². The predicted molar refractivity (Wildman–Crippen MR) is 113 cm³/mol.